The molecule has 0 saturated carbocycles. The Labute approximate surface area is 424 Å². The summed E-state index contributed by atoms with van der Waals surface area (Å²) in [4.78, 5) is 19.9. The van der Waals surface area contributed by atoms with E-state index in [1.165, 1.54) is 5.56 Å². The number of nitrogens with one attached hydrogen (secondary N) is 1. The maximum Gasteiger partial charge on any atom is 0.412 e. The number of aliphatic hydroxyl groups is 2. The first kappa shape index (κ1) is 58.6. The second-order valence-electron chi connectivity index (χ2n) is 17.4. The van der Waals surface area contributed by atoms with Gasteiger partial charge in [0, 0.05) is 29.5 Å². The number of carbonyl (C=O) groups is 1. The zero-order valence-corrected chi connectivity index (χ0v) is 43.1. The topological polar surface area (TPSA) is 270 Å². The summed E-state index contributed by atoms with van der Waals surface area (Å²) in [5.74, 6) is 1.90. The molecule has 384 valence electrons. The molecule has 5 aromatic carbocycles. The van der Waals surface area contributed by atoms with Crippen molar-refractivity contribution in [3.05, 3.63) is 196 Å². The molecule has 0 radical (unpaired) electrons. The SMILES string of the molecule is Cc1cccc(CO)c1.Cc1cccc(COS(C)(=O)=O)c1.Cc1cnc(N)c(OCc2cccc(N)c2)c1.Cc1cnc(N)c(OCc2cccc(NC(=O)OC(C)(C)C)c2)c1.Nc1cccc(CO)c1. The van der Waals surface area contributed by atoms with Crippen molar-refractivity contribution in [3.8, 4) is 11.5 Å². The molecule has 2 heterocycles. The van der Waals surface area contributed by atoms with E-state index in [0.717, 1.165) is 56.5 Å². The normalized spacial score (nSPS) is 10.5. The number of ether oxygens (including phenoxy) is 3. The Morgan fingerprint density at radius 1 is 0.556 bits per heavy atom. The second kappa shape index (κ2) is 29.5. The lowest BCUT2D eigenvalue weighted by Crippen LogP contribution is -2.27. The van der Waals surface area contributed by atoms with Crippen molar-refractivity contribution in [2.45, 2.75) is 87.1 Å². The Kier molecular flexibility index (Phi) is 24.0. The number of hydrogen-bond donors (Lipinski definition) is 7. The number of nitrogens with two attached hydrogens (primary N) is 4. The van der Waals surface area contributed by atoms with Crippen molar-refractivity contribution in [1.82, 2.24) is 9.97 Å². The number of rotatable bonds is 12. The van der Waals surface area contributed by atoms with Crippen molar-refractivity contribution in [1.29, 1.82) is 0 Å². The van der Waals surface area contributed by atoms with Crippen molar-refractivity contribution in [2.75, 3.05) is 34.5 Å². The van der Waals surface area contributed by atoms with Crippen LogP contribution < -0.4 is 37.7 Å². The van der Waals surface area contributed by atoms with Gasteiger partial charge in [-0.05, 0) is 136 Å². The monoisotopic (exact) mass is 1000 g/mol. The van der Waals surface area contributed by atoms with E-state index in [9.17, 15) is 13.2 Å². The van der Waals surface area contributed by atoms with Crippen molar-refractivity contribution in [2.24, 2.45) is 0 Å². The van der Waals surface area contributed by atoms with Crippen LogP contribution >= 0.6 is 0 Å². The molecule has 7 rings (SSSR count). The fourth-order valence-electron chi connectivity index (χ4n) is 5.98. The molecule has 11 N–H and O–H groups in total. The quantitative estimate of drug-likeness (QED) is 0.0443. The molecule has 0 spiro atoms. The van der Waals surface area contributed by atoms with E-state index in [4.69, 9.17) is 47.4 Å². The Morgan fingerprint density at radius 3 is 1.38 bits per heavy atom. The molecule has 0 aliphatic rings. The highest BCUT2D eigenvalue weighted by molar-refractivity contribution is 7.85. The number of benzene rings is 5. The minimum atomic E-state index is -3.34. The van der Waals surface area contributed by atoms with Crippen LogP contribution in [0, 0.1) is 27.7 Å². The predicted molar refractivity (Wildman–Crippen MR) is 287 cm³/mol. The van der Waals surface area contributed by atoms with Gasteiger partial charge >= 0.3 is 6.09 Å². The third-order valence-corrected chi connectivity index (χ3v) is 9.82. The van der Waals surface area contributed by atoms with Gasteiger partial charge in [0.05, 0.1) is 26.1 Å². The van der Waals surface area contributed by atoms with Gasteiger partial charge in [0.15, 0.2) is 23.1 Å². The number of nitrogen functional groups attached to an aromatic ring is 4. The van der Waals surface area contributed by atoms with Crippen molar-refractivity contribution >= 4 is 44.9 Å². The molecule has 2 aromatic heterocycles. The molecule has 0 unspecified atom stereocenters. The van der Waals surface area contributed by atoms with E-state index >= 15 is 0 Å². The summed E-state index contributed by atoms with van der Waals surface area (Å²) in [6.07, 6.45) is 3.95. The first-order valence-electron chi connectivity index (χ1n) is 22.7. The van der Waals surface area contributed by atoms with E-state index < -0.39 is 21.8 Å². The molecular weight excluding hydrogens is 935 g/mol. The van der Waals surface area contributed by atoms with Gasteiger partial charge in [0.1, 0.15) is 18.8 Å². The van der Waals surface area contributed by atoms with Gasteiger partial charge in [-0.3, -0.25) is 9.50 Å². The van der Waals surface area contributed by atoms with Gasteiger partial charge in [-0.25, -0.2) is 14.8 Å². The molecule has 17 heteroatoms. The molecule has 0 aliphatic carbocycles. The van der Waals surface area contributed by atoms with Crippen LogP contribution in [-0.4, -0.2) is 46.5 Å². The molecule has 0 aliphatic heterocycles. The third-order valence-electron chi connectivity index (χ3n) is 9.27. The highest BCUT2D eigenvalue weighted by Crippen LogP contribution is 2.23. The number of nitrogens with zero attached hydrogens (tertiary/aromatic N) is 2. The van der Waals surface area contributed by atoms with E-state index in [2.05, 4.69) is 19.5 Å². The molecule has 0 fully saturated rings. The van der Waals surface area contributed by atoms with Crippen LogP contribution in [0.25, 0.3) is 0 Å². The molecule has 0 atom stereocenters. The van der Waals surface area contributed by atoms with Crippen LogP contribution in [0.1, 0.15) is 70.8 Å². The van der Waals surface area contributed by atoms with Gasteiger partial charge in [-0.1, -0.05) is 96.1 Å². The van der Waals surface area contributed by atoms with Crippen molar-refractivity contribution in [3.63, 3.8) is 0 Å². The molecule has 1 amide bonds. The van der Waals surface area contributed by atoms with E-state index in [0.29, 0.717) is 47.7 Å². The summed E-state index contributed by atoms with van der Waals surface area (Å²) in [6.45, 7) is 14.3. The summed E-state index contributed by atoms with van der Waals surface area (Å²) < 4.78 is 42.5. The number of carbonyl (C=O) groups excluding carboxylic acids is 1. The fraction of sp³-hybridized carbons (Fsp3) is 0.255. The highest BCUT2D eigenvalue weighted by atomic mass is 32.2. The number of pyridine rings is 2. The largest absolute Gasteiger partial charge is 0.485 e. The minimum Gasteiger partial charge on any atom is -0.485 e. The molecule has 0 saturated heterocycles. The van der Waals surface area contributed by atoms with E-state index in [1.807, 2.05) is 164 Å². The van der Waals surface area contributed by atoms with Crippen LogP contribution in [0.2, 0.25) is 0 Å². The maximum atomic E-state index is 11.8. The summed E-state index contributed by atoms with van der Waals surface area (Å²) >= 11 is 0. The Bertz CT molecular complexity index is 2850. The summed E-state index contributed by atoms with van der Waals surface area (Å²) in [5, 5.41) is 20.0. The summed E-state index contributed by atoms with van der Waals surface area (Å²) in [6, 6.07) is 41.2. The highest BCUT2D eigenvalue weighted by Gasteiger charge is 2.16. The lowest BCUT2D eigenvalue weighted by Gasteiger charge is -2.19. The van der Waals surface area contributed by atoms with Gasteiger partial charge < -0.3 is 47.4 Å². The number of aliphatic hydroxyl groups excluding tert-OH is 2. The lowest BCUT2D eigenvalue weighted by molar-refractivity contribution is 0.0635. The van der Waals surface area contributed by atoms with Crippen molar-refractivity contribution < 1.29 is 41.8 Å². The number of amides is 1. The lowest BCUT2D eigenvalue weighted by atomic mass is 10.1. The van der Waals surface area contributed by atoms with Crippen LogP contribution in [0.4, 0.5) is 33.5 Å². The first-order chi connectivity index (χ1) is 34.0. The van der Waals surface area contributed by atoms with Crippen LogP contribution in [0.3, 0.4) is 0 Å². The number of aryl methyl sites for hydroxylation is 4. The van der Waals surface area contributed by atoms with Crippen LogP contribution in [0.15, 0.2) is 146 Å². The Morgan fingerprint density at radius 2 is 0.958 bits per heavy atom. The third kappa shape index (κ3) is 24.7. The molecule has 0 bridgehead atoms. The second-order valence-corrected chi connectivity index (χ2v) is 19.1. The van der Waals surface area contributed by atoms with Gasteiger partial charge in [0.2, 0.25) is 0 Å². The van der Waals surface area contributed by atoms with Crippen LogP contribution in [-0.2, 0) is 52.1 Å². The average molecular weight is 1000 g/mol. The molecule has 72 heavy (non-hydrogen) atoms. The zero-order chi connectivity index (χ0) is 53.3. The van der Waals surface area contributed by atoms with Gasteiger partial charge in [0.25, 0.3) is 10.1 Å². The summed E-state index contributed by atoms with van der Waals surface area (Å²) in [5.41, 5.74) is 33.0. The zero-order valence-electron chi connectivity index (χ0n) is 42.3. The maximum absolute atomic E-state index is 11.8. The number of aromatic nitrogens is 2. The molecule has 16 nitrogen and oxygen atoms in total. The van der Waals surface area contributed by atoms with E-state index in [1.54, 1.807) is 30.6 Å². The van der Waals surface area contributed by atoms with Gasteiger partial charge in [-0.2, -0.15) is 8.42 Å². The fourth-order valence-corrected chi connectivity index (χ4v) is 6.33. The first-order valence-corrected chi connectivity index (χ1v) is 24.5. The molecular formula is C55H69N7O9S. The predicted octanol–water partition coefficient (Wildman–Crippen LogP) is 9.75. The van der Waals surface area contributed by atoms with Gasteiger partial charge in [-0.15, -0.1) is 0 Å². The number of anilines is 5. The van der Waals surface area contributed by atoms with E-state index in [-0.39, 0.29) is 19.8 Å². The average Bonchev–Trinajstić information content (AvgIpc) is 3.31. The minimum absolute atomic E-state index is 0.0606. The summed E-state index contributed by atoms with van der Waals surface area (Å²) in [7, 11) is -3.34. The number of hydrogen-bond acceptors (Lipinski definition) is 15. The standard InChI is InChI=1S/C18H23N3O3.C13H15N3O.C9H12O3S.C8H10O.C7H9NO/c1-12-8-15(16(19)20-10-12)23-11-13-6-5-7-14(9-13)21-17(22)24-18(2,3)4;1-9-5-12(13(15)16-7-9)17-8-10-3-2-4-11(14)6-10;1-8-4-3-5-9(6-8)7-12-13(2,10)11;1-7-3-2-4-8(5-7)6-9;8-7-3-1-2-6(4-7)5-9/h5-10H,11H2,1-4H3,(H2,19,20)(H,21,22);2-7H,8,14H2,1H3,(H2,15,16);3-6H,7H2,1-2H3;2-5,9H,6H2,1H3;1-4,9H,5,8H2. The Hall–Kier alpha value is -7.70. The van der Waals surface area contributed by atoms with Crippen LogP contribution in [0.5, 0.6) is 11.5 Å². The smallest absolute Gasteiger partial charge is 0.412 e. The Balaban J connectivity index is 0.000000251. The molecule has 7 aromatic rings.